The molecule has 0 radical (unpaired) electrons. The molecule has 1 fully saturated rings. The van der Waals surface area contributed by atoms with Gasteiger partial charge in [-0.15, -0.1) is 0 Å². The summed E-state index contributed by atoms with van der Waals surface area (Å²) >= 11 is 0. The Balaban J connectivity index is 1.65. The molecule has 5 heteroatoms. The van der Waals surface area contributed by atoms with Crippen molar-refractivity contribution < 1.29 is 4.79 Å². The zero-order chi connectivity index (χ0) is 16.1. The highest BCUT2D eigenvalue weighted by molar-refractivity contribution is 5.92. The van der Waals surface area contributed by atoms with Crippen molar-refractivity contribution in [1.82, 2.24) is 15.3 Å². The van der Waals surface area contributed by atoms with Gasteiger partial charge >= 0.3 is 0 Å². The summed E-state index contributed by atoms with van der Waals surface area (Å²) in [5, 5.41) is 6.30. The Hall–Kier alpha value is -2.43. The highest BCUT2D eigenvalue weighted by Gasteiger charge is 2.17. The van der Waals surface area contributed by atoms with Gasteiger partial charge in [-0.2, -0.15) is 0 Å². The second-order valence-corrected chi connectivity index (χ2v) is 6.00. The molecule has 1 heterocycles. The average Bonchev–Trinajstić information content (AvgIpc) is 3.09. The zero-order valence-electron chi connectivity index (χ0n) is 13.3. The average molecular weight is 310 g/mol. The van der Waals surface area contributed by atoms with Gasteiger partial charge in [-0.3, -0.25) is 4.79 Å². The fourth-order valence-electron chi connectivity index (χ4n) is 2.90. The zero-order valence-corrected chi connectivity index (χ0v) is 13.3. The first-order chi connectivity index (χ1) is 11.2. The van der Waals surface area contributed by atoms with Gasteiger partial charge in [0.05, 0.1) is 6.04 Å². The fourth-order valence-corrected chi connectivity index (χ4v) is 2.90. The molecular weight excluding hydrogens is 288 g/mol. The molecule has 120 valence electrons. The monoisotopic (exact) mass is 310 g/mol. The molecule has 0 saturated heterocycles. The third-order valence-electron chi connectivity index (χ3n) is 4.22. The lowest BCUT2D eigenvalue weighted by Gasteiger charge is -2.15. The molecule has 1 saturated carbocycles. The van der Waals surface area contributed by atoms with Gasteiger partial charge < -0.3 is 10.6 Å². The van der Waals surface area contributed by atoms with Crippen LogP contribution >= 0.6 is 0 Å². The van der Waals surface area contributed by atoms with Crippen molar-refractivity contribution >= 4 is 11.9 Å². The minimum Gasteiger partial charge on any atom is -0.351 e. The minimum absolute atomic E-state index is 0.0649. The summed E-state index contributed by atoms with van der Waals surface area (Å²) in [5.74, 6) is 0.357. The van der Waals surface area contributed by atoms with E-state index in [1.165, 1.54) is 12.8 Å². The van der Waals surface area contributed by atoms with Crippen molar-refractivity contribution in [3.05, 3.63) is 53.9 Å². The maximum atomic E-state index is 12.4. The largest absolute Gasteiger partial charge is 0.351 e. The molecule has 1 aromatic heterocycles. The molecular formula is C18H22N4O. The number of hydrogen-bond acceptors (Lipinski definition) is 4. The number of carbonyl (C=O) groups is 1. The van der Waals surface area contributed by atoms with Crippen LogP contribution in [0.2, 0.25) is 0 Å². The van der Waals surface area contributed by atoms with Crippen LogP contribution in [-0.4, -0.2) is 21.9 Å². The van der Waals surface area contributed by atoms with Crippen LogP contribution in [-0.2, 0) is 0 Å². The Bertz CT molecular complexity index is 653. The lowest BCUT2D eigenvalue weighted by atomic mass is 10.1. The van der Waals surface area contributed by atoms with E-state index in [2.05, 4.69) is 20.6 Å². The van der Waals surface area contributed by atoms with Crippen LogP contribution < -0.4 is 10.6 Å². The molecule has 2 aromatic rings. The van der Waals surface area contributed by atoms with Crippen molar-refractivity contribution in [2.24, 2.45) is 0 Å². The predicted octanol–water partition coefficient (Wildman–Crippen LogP) is 3.32. The van der Waals surface area contributed by atoms with E-state index in [9.17, 15) is 4.79 Å². The Labute approximate surface area is 136 Å². The predicted molar refractivity (Wildman–Crippen MR) is 90.2 cm³/mol. The van der Waals surface area contributed by atoms with E-state index < -0.39 is 0 Å². The highest BCUT2D eigenvalue weighted by atomic mass is 16.1. The number of nitrogens with one attached hydrogen (secondary N) is 2. The summed E-state index contributed by atoms with van der Waals surface area (Å²) in [6.45, 7) is 1.96. The number of hydrogen-bond donors (Lipinski definition) is 2. The Morgan fingerprint density at radius 3 is 2.65 bits per heavy atom. The first-order valence-electron chi connectivity index (χ1n) is 8.18. The molecule has 5 nitrogen and oxygen atoms in total. The number of aromatic nitrogens is 2. The number of benzene rings is 1. The van der Waals surface area contributed by atoms with E-state index in [0.717, 1.165) is 18.4 Å². The number of anilines is 1. The Morgan fingerprint density at radius 1 is 1.17 bits per heavy atom. The van der Waals surface area contributed by atoms with Gasteiger partial charge in [-0.1, -0.05) is 43.2 Å². The highest BCUT2D eigenvalue weighted by Crippen LogP contribution is 2.20. The third-order valence-corrected chi connectivity index (χ3v) is 4.22. The van der Waals surface area contributed by atoms with Gasteiger partial charge in [-0.25, -0.2) is 9.97 Å². The first-order valence-corrected chi connectivity index (χ1v) is 8.18. The van der Waals surface area contributed by atoms with Crippen LogP contribution in [0.1, 0.15) is 54.7 Å². The number of amides is 1. The van der Waals surface area contributed by atoms with E-state index >= 15 is 0 Å². The van der Waals surface area contributed by atoms with Crippen molar-refractivity contribution in [1.29, 1.82) is 0 Å². The first kappa shape index (κ1) is 15.5. The van der Waals surface area contributed by atoms with E-state index in [0.29, 0.717) is 17.7 Å². The second kappa shape index (κ2) is 7.22. The molecule has 1 aliphatic carbocycles. The molecule has 1 aromatic carbocycles. The van der Waals surface area contributed by atoms with Crippen molar-refractivity contribution in [2.75, 3.05) is 5.32 Å². The van der Waals surface area contributed by atoms with Crippen LogP contribution in [0.5, 0.6) is 0 Å². The molecule has 1 atom stereocenters. The minimum atomic E-state index is -0.182. The van der Waals surface area contributed by atoms with Gasteiger partial charge in [-0.05, 0) is 31.4 Å². The number of rotatable bonds is 5. The van der Waals surface area contributed by atoms with Gasteiger partial charge in [0.2, 0.25) is 5.95 Å². The van der Waals surface area contributed by atoms with Crippen LogP contribution in [0.15, 0.2) is 42.6 Å². The van der Waals surface area contributed by atoms with Crippen LogP contribution in [0.4, 0.5) is 5.95 Å². The molecule has 1 aliphatic rings. The molecule has 2 N–H and O–H groups in total. The Kier molecular flexibility index (Phi) is 4.86. The molecule has 3 rings (SSSR count). The normalized spacial score (nSPS) is 16.0. The number of nitrogens with zero attached hydrogens (tertiary/aromatic N) is 2. The Morgan fingerprint density at radius 2 is 1.91 bits per heavy atom. The van der Waals surface area contributed by atoms with Crippen molar-refractivity contribution in [2.45, 2.75) is 44.7 Å². The van der Waals surface area contributed by atoms with Crippen LogP contribution in [0.25, 0.3) is 0 Å². The van der Waals surface area contributed by atoms with E-state index in [-0.39, 0.29) is 11.9 Å². The SMILES string of the molecule is CC(NC(=O)c1ccnc(NC2CCCC2)n1)c1ccccc1. The van der Waals surface area contributed by atoms with Crippen molar-refractivity contribution in [3.63, 3.8) is 0 Å². The fraction of sp³-hybridized carbons (Fsp3) is 0.389. The van der Waals surface area contributed by atoms with E-state index in [4.69, 9.17) is 0 Å². The molecule has 0 bridgehead atoms. The van der Waals surface area contributed by atoms with Crippen molar-refractivity contribution in [3.8, 4) is 0 Å². The maximum absolute atomic E-state index is 12.4. The van der Waals surface area contributed by atoms with Crippen LogP contribution in [0, 0.1) is 0 Å². The summed E-state index contributed by atoms with van der Waals surface area (Å²) < 4.78 is 0. The summed E-state index contributed by atoms with van der Waals surface area (Å²) in [6.07, 6.45) is 6.40. The smallest absolute Gasteiger partial charge is 0.270 e. The lowest BCUT2D eigenvalue weighted by molar-refractivity contribution is 0.0935. The summed E-state index contributed by atoms with van der Waals surface area (Å²) in [4.78, 5) is 21.0. The maximum Gasteiger partial charge on any atom is 0.270 e. The van der Waals surface area contributed by atoms with Gasteiger partial charge in [0.25, 0.3) is 5.91 Å². The van der Waals surface area contributed by atoms with E-state index in [1.807, 2.05) is 37.3 Å². The molecule has 1 amide bonds. The van der Waals surface area contributed by atoms with Gasteiger partial charge in [0.1, 0.15) is 5.69 Å². The molecule has 0 aliphatic heterocycles. The number of carbonyl (C=O) groups excluding carboxylic acids is 1. The van der Waals surface area contributed by atoms with Gasteiger partial charge in [0.15, 0.2) is 0 Å². The lowest BCUT2D eigenvalue weighted by Crippen LogP contribution is -2.28. The topological polar surface area (TPSA) is 66.9 Å². The summed E-state index contributed by atoms with van der Waals surface area (Å²) in [7, 11) is 0. The quantitative estimate of drug-likeness (QED) is 0.889. The summed E-state index contributed by atoms with van der Waals surface area (Å²) in [6, 6.07) is 11.9. The molecule has 1 unspecified atom stereocenters. The second-order valence-electron chi connectivity index (χ2n) is 6.00. The third kappa shape index (κ3) is 4.06. The van der Waals surface area contributed by atoms with Crippen LogP contribution in [0.3, 0.4) is 0 Å². The molecule has 0 spiro atoms. The standard InChI is InChI=1S/C18H22N4O/c1-13(14-7-3-2-4-8-14)20-17(23)16-11-12-19-18(22-16)21-15-9-5-6-10-15/h2-4,7-8,11-13,15H,5-6,9-10H2,1H3,(H,20,23)(H,19,21,22). The molecule has 23 heavy (non-hydrogen) atoms. The van der Waals surface area contributed by atoms with Gasteiger partial charge in [0, 0.05) is 12.2 Å². The summed E-state index contributed by atoms with van der Waals surface area (Å²) in [5.41, 5.74) is 1.46. The van der Waals surface area contributed by atoms with E-state index in [1.54, 1.807) is 12.3 Å².